The highest BCUT2D eigenvalue weighted by Crippen LogP contribution is 2.35. The van der Waals surface area contributed by atoms with Gasteiger partial charge in [0, 0.05) is 0 Å². The van der Waals surface area contributed by atoms with Gasteiger partial charge in [-0.25, -0.2) is 0 Å². The minimum absolute atomic E-state index is 0.834. The van der Waals surface area contributed by atoms with Crippen molar-refractivity contribution >= 4 is 46.3 Å². The SMILES string of the molecule is CC.CC.CC.CC.CC.CC.CC.CPc1ccc(-c2ccc3c(c2)CCC3)cc1.CPc1cccc(-c2ccc3c(c2)CCC3)c1.PCC1Cc2ccc(-c3ccccc3)cc2C1.PCc1cc2c(cc1-c1ccccc1)CCC2. The third-order valence-corrected chi connectivity index (χ3v) is 17.4. The third-order valence-electron chi connectivity index (χ3n) is 14.5. The zero-order valence-corrected chi connectivity index (χ0v) is 58.5. The first-order chi connectivity index (χ1) is 40.5. The highest BCUT2D eigenvalue weighted by atomic mass is 31.1. The van der Waals surface area contributed by atoms with Gasteiger partial charge >= 0.3 is 0 Å². The molecule has 4 heteroatoms. The summed E-state index contributed by atoms with van der Waals surface area (Å²) in [7, 11) is 7.50. The highest BCUT2D eigenvalue weighted by molar-refractivity contribution is 7.46. The second-order valence-electron chi connectivity index (χ2n) is 18.9. The molecule has 442 valence electrons. The molecule has 0 N–H and O–H groups in total. The molecule has 8 aromatic carbocycles. The zero-order chi connectivity index (χ0) is 60.7. The summed E-state index contributed by atoms with van der Waals surface area (Å²) in [4.78, 5) is 0. The largest absolute Gasteiger partial charge is 0.137 e. The van der Waals surface area contributed by atoms with Gasteiger partial charge in [0.1, 0.15) is 0 Å². The van der Waals surface area contributed by atoms with E-state index in [1.54, 1.807) is 44.5 Å². The molecule has 0 fully saturated rings. The van der Waals surface area contributed by atoms with Gasteiger partial charge in [-0.1, -0.05) is 284 Å². The first-order valence-corrected chi connectivity index (χ1v) is 36.7. The maximum absolute atomic E-state index is 2.88. The van der Waals surface area contributed by atoms with Gasteiger partial charge in [0.15, 0.2) is 0 Å². The maximum atomic E-state index is 2.88. The Morgan fingerprint density at radius 1 is 0.317 bits per heavy atom. The average molecular weight is 1170 g/mol. The molecular formula is C78H110P4. The Balaban J connectivity index is 0.000000348. The Kier molecular flexibility index (Phi) is 39.5. The first-order valence-electron chi connectivity index (χ1n) is 32.1. The van der Waals surface area contributed by atoms with E-state index in [2.05, 4.69) is 208 Å². The number of fused-ring (bicyclic) bond motifs is 4. The van der Waals surface area contributed by atoms with Crippen molar-refractivity contribution in [2.24, 2.45) is 5.92 Å². The van der Waals surface area contributed by atoms with Crippen molar-refractivity contribution in [3.8, 4) is 44.5 Å². The van der Waals surface area contributed by atoms with E-state index in [9.17, 15) is 0 Å². The lowest BCUT2D eigenvalue weighted by atomic mass is 9.95. The van der Waals surface area contributed by atoms with E-state index in [-0.39, 0.29) is 0 Å². The molecule has 0 aromatic heterocycles. The van der Waals surface area contributed by atoms with Crippen molar-refractivity contribution in [3.63, 3.8) is 0 Å². The molecule has 0 saturated carbocycles. The van der Waals surface area contributed by atoms with Gasteiger partial charge in [-0.15, -0.1) is 18.5 Å². The van der Waals surface area contributed by atoms with E-state index in [0.717, 1.165) is 29.2 Å². The van der Waals surface area contributed by atoms with Crippen molar-refractivity contribution in [3.05, 3.63) is 226 Å². The molecule has 0 spiro atoms. The monoisotopic (exact) mass is 1170 g/mol. The molecule has 0 nitrogen and oxygen atoms in total. The summed E-state index contributed by atoms with van der Waals surface area (Å²) in [6.45, 7) is 32.5. The lowest BCUT2D eigenvalue weighted by Gasteiger charge is -2.11. The van der Waals surface area contributed by atoms with E-state index >= 15 is 0 Å². The van der Waals surface area contributed by atoms with Crippen LogP contribution in [0.3, 0.4) is 0 Å². The van der Waals surface area contributed by atoms with Gasteiger partial charge in [0.2, 0.25) is 0 Å². The second kappa shape index (κ2) is 44.0. The molecule has 5 atom stereocenters. The standard InChI is InChI=1S/4C16H17P.7C2H6/c1-17-16-7-3-6-14(11-16)15-9-8-12-4-2-5-13(12)10-15;1-17-16-9-7-13(8-10-16)15-6-5-12-3-2-4-14(12)11-15;17-11-15-9-13-7-4-8-14(13)10-16(15)12-5-2-1-3-6-12;17-11-12-8-14-6-7-15(10-16(14)9-12)13-4-2-1-3-5-13;7*1-2/h3,6-11,17H,2,4-5H2,1H3;5-11,17H,2-4H2,1H3;1-3,5-6,9-10H,4,7-8,11,17H2;1-7,10,12H,8-9,11,17H2;7*1-2H3. The number of aryl methyl sites for hydroxylation is 6. The van der Waals surface area contributed by atoms with Gasteiger partial charge in [0.05, 0.1) is 0 Å². The number of hydrogen-bond donors (Lipinski definition) is 0. The van der Waals surface area contributed by atoms with Crippen LogP contribution in [0.5, 0.6) is 0 Å². The number of benzene rings is 8. The Morgan fingerprint density at radius 2 is 0.683 bits per heavy atom. The summed E-state index contributed by atoms with van der Waals surface area (Å²) in [5.74, 6) is 0.834. The van der Waals surface area contributed by atoms with Crippen LogP contribution in [-0.4, -0.2) is 19.5 Å². The molecule has 0 heterocycles. The van der Waals surface area contributed by atoms with Crippen LogP contribution in [0.25, 0.3) is 44.5 Å². The van der Waals surface area contributed by atoms with E-state index in [4.69, 9.17) is 0 Å². The van der Waals surface area contributed by atoms with E-state index < -0.39 is 0 Å². The fraction of sp³-hybridized carbons (Fsp3) is 0.385. The van der Waals surface area contributed by atoms with Crippen molar-refractivity contribution in [2.75, 3.05) is 19.5 Å². The Bertz CT molecular complexity index is 2920. The molecule has 8 aromatic rings. The predicted octanol–water partition coefficient (Wildman–Crippen LogP) is 22.9. The molecule has 4 aliphatic carbocycles. The van der Waals surface area contributed by atoms with Crippen molar-refractivity contribution < 1.29 is 0 Å². The normalized spacial score (nSPS) is 13.1. The van der Waals surface area contributed by atoms with Crippen LogP contribution in [-0.2, 0) is 57.5 Å². The molecule has 82 heavy (non-hydrogen) atoms. The van der Waals surface area contributed by atoms with Crippen LogP contribution in [0.15, 0.2) is 176 Å². The zero-order valence-electron chi connectivity index (χ0n) is 54.2. The molecule has 0 radical (unpaired) electrons. The first kappa shape index (κ1) is 73.6. The Hall–Kier alpha value is -4.52. The van der Waals surface area contributed by atoms with E-state index in [1.807, 2.05) is 96.9 Å². The predicted molar refractivity (Wildman–Crippen MR) is 390 cm³/mol. The minimum Gasteiger partial charge on any atom is -0.137 e. The summed E-state index contributed by atoms with van der Waals surface area (Å²) >= 11 is 0. The van der Waals surface area contributed by atoms with Crippen LogP contribution >= 0.6 is 35.6 Å². The Labute approximate surface area is 512 Å². The molecular weight excluding hydrogens is 1060 g/mol. The molecule has 0 saturated heterocycles. The van der Waals surface area contributed by atoms with E-state index in [1.165, 1.54) is 137 Å². The molecule has 0 bridgehead atoms. The molecule has 4 aliphatic rings. The van der Waals surface area contributed by atoms with Crippen LogP contribution in [0, 0.1) is 5.92 Å². The van der Waals surface area contributed by atoms with Gasteiger partial charge < -0.3 is 0 Å². The van der Waals surface area contributed by atoms with E-state index in [0.29, 0.717) is 0 Å². The highest BCUT2D eigenvalue weighted by Gasteiger charge is 2.20. The van der Waals surface area contributed by atoms with Crippen LogP contribution in [0.1, 0.15) is 166 Å². The summed E-state index contributed by atoms with van der Waals surface area (Å²) in [6, 6.07) is 65.1. The summed E-state index contributed by atoms with van der Waals surface area (Å²) in [5, 5.41) is 2.89. The maximum Gasteiger partial charge on any atom is -0.0122 e. The van der Waals surface area contributed by atoms with Crippen molar-refractivity contribution in [2.45, 2.75) is 174 Å². The van der Waals surface area contributed by atoms with Crippen molar-refractivity contribution in [1.82, 2.24) is 0 Å². The van der Waals surface area contributed by atoms with Crippen LogP contribution in [0.4, 0.5) is 0 Å². The molecule has 0 amide bonds. The van der Waals surface area contributed by atoms with Gasteiger partial charge in [-0.3, -0.25) is 0 Å². The summed E-state index contributed by atoms with van der Waals surface area (Å²) < 4.78 is 0. The number of hydrogen-bond acceptors (Lipinski definition) is 0. The lowest BCUT2D eigenvalue weighted by molar-refractivity contribution is 0.639. The molecule has 12 rings (SSSR count). The van der Waals surface area contributed by atoms with Crippen LogP contribution in [0.2, 0.25) is 0 Å². The topological polar surface area (TPSA) is 0 Å². The lowest BCUT2D eigenvalue weighted by Crippen LogP contribution is -1.99. The quantitative estimate of drug-likeness (QED) is 0.133. The Morgan fingerprint density at radius 3 is 1.16 bits per heavy atom. The fourth-order valence-corrected chi connectivity index (χ4v) is 12.3. The summed E-state index contributed by atoms with van der Waals surface area (Å²) in [5.41, 5.74) is 24.8. The minimum atomic E-state index is 0.834. The third kappa shape index (κ3) is 22.5. The fourth-order valence-electron chi connectivity index (χ4n) is 10.6. The smallest absolute Gasteiger partial charge is 0.0122 e. The second-order valence-corrected chi connectivity index (χ2v) is 21.9. The number of rotatable bonds is 8. The van der Waals surface area contributed by atoms with Crippen molar-refractivity contribution in [1.29, 1.82) is 0 Å². The van der Waals surface area contributed by atoms with Crippen LogP contribution < -0.4 is 10.6 Å². The van der Waals surface area contributed by atoms with Gasteiger partial charge in [0.25, 0.3) is 0 Å². The van der Waals surface area contributed by atoms with Gasteiger partial charge in [-0.05, 0) is 213 Å². The molecule has 5 unspecified atom stereocenters. The summed E-state index contributed by atoms with van der Waals surface area (Å²) in [6.07, 6.45) is 16.3. The van der Waals surface area contributed by atoms with Gasteiger partial charge in [-0.2, -0.15) is 0 Å². The molecule has 0 aliphatic heterocycles. The average Bonchev–Trinajstić information content (AvgIpc) is 4.62.